The molecule has 0 aromatic heterocycles. The number of aliphatic hydroxyl groups is 2. The molecule has 5 unspecified atom stereocenters. The van der Waals surface area contributed by atoms with Gasteiger partial charge in [-0.15, -0.1) is 0 Å². The maximum Gasteiger partial charge on any atom is 0.306 e. The fourth-order valence-electron chi connectivity index (χ4n) is 4.89. The van der Waals surface area contributed by atoms with Crippen LogP contribution in [0.5, 0.6) is 0 Å². The van der Waals surface area contributed by atoms with E-state index in [1.54, 1.807) is 0 Å². The first kappa shape index (κ1) is 40.3. The average Bonchev–Trinajstić information content (AvgIpc) is 3.03. The lowest BCUT2D eigenvalue weighted by molar-refractivity contribution is -0.142. The molecule has 14 heteroatoms. The summed E-state index contributed by atoms with van der Waals surface area (Å²) in [6, 6.07) is 6.75. The number of carboxylic acid groups (broad SMARTS) is 1. The monoisotopic (exact) mass is 649 g/mol. The Morgan fingerprint density at radius 1 is 0.761 bits per heavy atom. The number of Topliss-reactive ketones (excluding diaryl/α,β-unsaturated/α-hetero) is 2. The minimum Gasteiger partial charge on any atom is -0.481 e. The van der Waals surface area contributed by atoms with Crippen molar-refractivity contribution in [2.24, 2.45) is 29.0 Å². The van der Waals surface area contributed by atoms with Crippen LogP contribution in [0.2, 0.25) is 0 Å². The van der Waals surface area contributed by atoms with Crippen LogP contribution in [0.4, 0.5) is 0 Å². The number of hydrogen-bond acceptors (Lipinski definition) is 10. The van der Waals surface area contributed by atoms with Crippen LogP contribution < -0.4 is 27.8 Å². The lowest BCUT2D eigenvalue weighted by atomic mass is 9.87. The van der Waals surface area contributed by atoms with Gasteiger partial charge in [-0.1, -0.05) is 36.8 Å². The van der Waals surface area contributed by atoms with Crippen molar-refractivity contribution in [1.82, 2.24) is 10.6 Å². The second-order valence-electron chi connectivity index (χ2n) is 11.6. The van der Waals surface area contributed by atoms with E-state index in [1.165, 1.54) is 0 Å². The van der Waals surface area contributed by atoms with Crippen LogP contribution in [-0.2, 0) is 35.2 Å². The number of nitrogens with two attached hydrogens (primary N) is 3. The van der Waals surface area contributed by atoms with Crippen molar-refractivity contribution in [3.05, 3.63) is 35.9 Å². The minimum absolute atomic E-state index is 0.00838. The van der Waals surface area contributed by atoms with E-state index in [0.29, 0.717) is 38.6 Å². The van der Waals surface area contributed by atoms with Crippen molar-refractivity contribution in [1.29, 1.82) is 0 Å². The quantitative estimate of drug-likeness (QED) is 0.0604. The number of primary amides is 1. The summed E-state index contributed by atoms with van der Waals surface area (Å²) in [6.07, 6.45) is 2.52. The first-order chi connectivity index (χ1) is 21.9. The number of rotatable bonds is 26. The van der Waals surface area contributed by atoms with E-state index in [1.807, 2.05) is 30.3 Å². The van der Waals surface area contributed by atoms with Gasteiger partial charge in [-0.05, 0) is 50.5 Å². The molecule has 0 saturated carbocycles. The number of carbonyl (C=O) groups is 6. The summed E-state index contributed by atoms with van der Waals surface area (Å²) in [4.78, 5) is 73.3. The van der Waals surface area contributed by atoms with Crippen LogP contribution >= 0.6 is 0 Å². The number of unbranched alkanes of at least 4 members (excludes halogenated alkanes) is 2. The van der Waals surface area contributed by atoms with Crippen LogP contribution in [0.25, 0.3) is 0 Å². The van der Waals surface area contributed by atoms with Crippen LogP contribution in [0, 0.1) is 11.8 Å². The molecule has 0 saturated heterocycles. The summed E-state index contributed by atoms with van der Waals surface area (Å²) >= 11 is 0. The standard InChI is InChI=1S/C32H51N5O9/c33-24(19-38)13-10-23(18-29(35)42)27(40)14-11-22(32(45)46)12-15-30(43)36-16-6-2-5-9-28(41)26(37-31(44)25(34)20-39)17-21-7-3-1-4-8-21/h1,3-4,7-8,22-26,38-39H,2,5-6,9-20,33-34H2,(H2,35,42)(H,36,43)(H,37,44)(H,45,46). The van der Waals surface area contributed by atoms with Gasteiger partial charge in [0.1, 0.15) is 11.8 Å². The van der Waals surface area contributed by atoms with Crippen LogP contribution in [0.15, 0.2) is 30.3 Å². The molecule has 0 aliphatic rings. The fraction of sp³-hybridized carbons (Fsp3) is 0.625. The van der Waals surface area contributed by atoms with Crippen molar-refractivity contribution < 1.29 is 44.1 Å². The topological polar surface area (TPSA) is 265 Å². The zero-order valence-corrected chi connectivity index (χ0v) is 26.4. The van der Waals surface area contributed by atoms with Gasteiger partial charge in [0.25, 0.3) is 0 Å². The van der Waals surface area contributed by atoms with Gasteiger partial charge in [0, 0.05) is 44.2 Å². The molecule has 1 aromatic carbocycles. The molecule has 258 valence electrons. The third kappa shape index (κ3) is 17.1. The Labute approximate surface area is 269 Å². The molecular formula is C32H51N5O9. The molecule has 11 N–H and O–H groups in total. The molecule has 0 fully saturated rings. The van der Waals surface area contributed by atoms with Crippen molar-refractivity contribution in [3.8, 4) is 0 Å². The van der Waals surface area contributed by atoms with Gasteiger partial charge in [0.05, 0.1) is 25.2 Å². The molecule has 5 atom stereocenters. The lowest BCUT2D eigenvalue weighted by Gasteiger charge is -2.20. The number of hydrogen-bond donors (Lipinski definition) is 8. The van der Waals surface area contributed by atoms with Crippen molar-refractivity contribution in [2.75, 3.05) is 19.8 Å². The first-order valence-corrected chi connectivity index (χ1v) is 15.8. The zero-order valence-electron chi connectivity index (χ0n) is 26.4. The highest BCUT2D eigenvalue weighted by Gasteiger charge is 2.26. The summed E-state index contributed by atoms with van der Waals surface area (Å²) in [5, 5.41) is 33.2. The van der Waals surface area contributed by atoms with Crippen molar-refractivity contribution >= 4 is 35.3 Å². The molecule has 14 nitrogen and oxygen atoms in total. The molecule has 0 spiro atoms. The van der Waals surface area contributed by atoms with E-state index < -0.39 is 54.4 Å². The number of carboxylic acids is 1. The van der Waals surface area contributed by atoms with Gasteiger partial charge >= 0.3 is 5.97 Å². The van der Waals surface area contributed by atoms with E-state index in [9.17, 15) is 33.9 Å². The van der Waals surface area contributed by atoms with Crippen molar-refractivity contribution in [2.45, 2.75) is 95.2 Å². The van der Waals surface area contributed by atoms with Gasteiger partial charge in [-0.25, -0.2) is 0 Å². The highest BCUT2D eigenvalue weighted by molar-refractivity contribution is 5.91. The average molecular weight is 650 g/mol. The van der Waals surface area contributed by atoms with E-state index in [2.05, 4.69) is 10.6 Å². The summed E-state index contributed by atoms with van der Waals surface area (Å²) in [5.41, 5.74) is 17.4. The Kier molecular flexibility index (Phi) is 19.9. The number of carbonyl (C=O) groups excluding carboxylic acids is 5. The maximum atomic E-state index is 12.9. The molecule has 1 rings (SSSR count). The SMILES string of the molecule is NC(=O)CC(CCC(N)CO)C(=O)CCC(CCC(=O)NCCCCCC(=O)C(Cc1ccccc1)NC(=O)C(N)CO)C(=O)O. The predicted molar refractivity (Wildman–Crippen MR) is 170 cm³/mol. The Hall–Kier alpha value is -3.72. The summed E-state index contributed by atoms with van der Waals surface area (Å²) in [6.45, 7) is -0.467. The van der Waals surface area contributed by atoms with Crippen LogP contribution in [0.3, 0.4) is 0 Å². The molecule has 46 heavy (non-hydrogen) atoms. The second kappa shape index (κ2) is 22.7. The van der Waals surface area contributed by atoms with Crippen LogP contribution in [-0.4, -0.2) is 88.5 Å². The smallest absolute Gasteiger partial charge is 0.306 e. The number of aliphatic carboxylic acids is 1. The second-order valence-corrected chi connectivity index (χ2v) is 11.6. The van der Waals surface area contributed by atoms with Crippen LogP contribution in [0.1, 0.15) is 76.2 Å². The number of amides is 3. The first-order valence-electron chi connectivity index (χ1n) is 15.8. The molecule has 0 aliphatic heterocycles. The van der Waals surface area contributed by atoms with Gasteiger partial charge < -0.3 is 43.2 Å². The highest BCUT2D eigenvalue weighted by Crippen LogP contribution is 2.21. The highest BCUT2D eigenvalue weighted by atomic mass is 16.4. The summed E-state index contributed by atoms with van der Waals surface area (Å²) < 4.78 is 0. The number of benzene rings is 1. The predicted octanol–water partition coefficient (Wildman–Crippen LogP) is -0.299. The molecular weight excluding hydrogens is 598 g/mol. The van der Waals surface area contributed by atoms with E-state index >= 15 is 0 Å². The zero-order chi connectivity index (χ0) is 34.5. The Balaban J connectivity index is 2.45. The Bertz CT molecular complexity index is 1120. The van der Waals surface area contributed by atoms with Gasteiger partial charge in [0.2, 0.25) is 17.7 Å². The molecule has 1 aromatic rings. The number of aliphatic hydroxyl groups excluding tert-OH is 2. The minimum atomic E-state index is -1.13. The van der Waals surface area contributed by atoms with E-state index in [0.717, 1.165) is 5.56 Å². The maximum absolute atomic E-state index is 12.9. The van der Waals surface area contributed by atoms with Gasteiger partial charge in [-0.2, -0.15) is 0 Å². The van der Waals surface area contributed by atoms with Crippen molar-refractivity contribution in [3.63, 3.8) is 0 Å². The fourth-order valence-corrected chi connectivity index (χ4v) is 4.89. The lowest BCUT2D eigenvalue weighted by Crippen LogP contribution is -2.50. The van der Waals surface area contributed by atoms with Gasteiger partial charge in [0.15, 0.2) is 5.78 Å². The molecule has 0 aliphatic carbocycles. The normalized spacial score (nSPS) is 14.3. The third-order valence-corrected chi connectivity index (χ3v) is 7.78. The van der Waals surface area contributed by atoms with Gasteiger partial charge in [-0.3, -0.25) is 28.8 Å². The van der Waals surface area contributed by atoms with E-state index in [4.69, 9.17) is 27.4 Å². The Morgan fingerprint density at radius 2 is 1.43 bits per heavy atom. The molecule has 0 bridgehead atoms. The molecule has 3 amide bonds. The summed E-state index contributed by atoms with van der Waals surface area (Å²) in [7, 11) is 0. The molecule has 0 radical (unpaired) electrons. The number of nitrogens with one attached hydrogen (secondary N) is 2. The summed E-state index contributed by atoms with van der Waals surface area (Å²) in [5.74, 6) is -4.83. The van der Waals surface area contributed by atoms with E-state index in [-0.39, 0.29) is 69.0 Å². The number of ketones is 2. The largest absolute Gasteiger partial charge is 0.481 e. The Morgan fingerprint density at radius 3 is 2.04 bits per heavy atom. The third-order valence-electron chi connectivity index (χ3n) is 7.78. The molecule has 0 heterocycles.